The highest BCUT2D eigenvalue weighted by Crippen LogP contribution is 2.32. The Morgan fingerprint density at radius 2 is 1.85 bits per heavy atom. The number of amides is 2. The Morgan fingerprint density at radius 1 is 1.02 bits per heavy atom. The van der Waals surface area contributed by atoms with E-state index in [4.69, 9.17) is 0 Å². The molecular formula is C31H36N6O2S. The highest BCUT2D eigenvalue weighted by Gasteiger charge is 2.35. The summed E-state index contributed by atoms with van der Waals surface area (Å²) in [5, 5.41) is 8.75. The number of fused-ring (bicyclic) bond motifs is 4. The van der Waals surface area contributed by atoms with Gasteiger partial charge in [0.25, 0.3) is 0 Å². The van der Waals surface area contributed by atoms with Gasteiger partial charge in [0.05, 0.1) is 24.8 Å². The van der Waals surface area contributed by atoms with E-state index in [2.05, 4.69) is 21.0 Å². The molecule has 2 atom stereocenters. The van der Waals surface area contributed by atoms with Gasteiger partial charge in [-0.25, -0.2) is 4.98 Å². The number of anilines is 1. The predicted octanol–water partition coefficient (Wildman–Crippen LogP) is 5.09. The van der Waals surface area contributed by atoms with Gasteiger partial charge in [-0.1, -0.05) is 42.8 Å². The first-order chi connectivity index (χ1) is 19.6. The van der Waals surface area contributed by atoms with Gasteiger partial charge in [0.1, 0.15) is 5.01 Å². The Kier molecular flexibility index (Phi) is 7.93. The molecular weight excluding hydrogens is 520 g/mol. The number of benzene rings is 2. The summed E-state index contributed by atoms with van der Waals surface area (Å²) in [7, 11) is 0. The number of hydrogen-bond donors (Lipinski definition) is 0. The lowest BCUT2D eigenvalue weighted by Crippen LogP contribution is -2.52. The maximum atomic E-state index is 14.0. The summed E-state index contributed by atoms with van der Waals surface area (Å²) in [6.07, 6.45) is 8.26. The molecule has 4 aromatic rings. The second-order valence-electron chi connectivity index (χ2n) is 10.9. The Labute approximate surface area is 239 Å². The fraction of sp³-hybridized carbons (Fsp3) is 0.419. The maximum Gasteiger partial charge on any atom is 0.224 e. The largest absolute Gasteiger partial charge is 0.337 e. The average Bonchev–Trinajstić information content (AvgIpc) is 3.63. The van der Waals surface area contributed by atoms with Crippen LogP contribution in [0.15, 0.2) is 66.3 Å². The first kappa shape index (κ1) is 26.7. The minimum atomic E-state index is 0.0361. The van der Waals surface area contributed by atoms with Crippen LogP contribution in [0.1, 0.15) is 49.6 Å². The molecule has 40 heavy (non-hydrogen) atoms. The fourth-order valence-electron chi connectivity index (χ4n) is 6.38. The van der Waals surface area contributed by atoms with E-state index in [0.717, 1.165) is 59.4 Å². The van der Waals surface area contributed by atoms with Gasteiger partial charge in [0.2, 0.25) is 11.8 Å². The van der Waals surface area contributed by atoms with Crippen LogP contribution >= 0.6 is 11.3 Å². The van der Waals surface area contributed by atoms with Gasteiger partial charge in [-0.2, -0.15) is 5.10 Å². The van der Waals surface area contributed by atoms with Crippen LogP contribution in [-0.2, 0) is 29.2 Å². The highest BCUT2D eigenvalue weighted by atomic mass is 32.1. The van der Waals surface area contributed by atoms with Crippen LogP contribution in [0.4, 0.5) is 5.69 Å². The molecule has 6 rings (SSSR count). The molecule has 2 aliphatic rings. The van der Waals surface area contributed by atoms with Gasteiger partial charge in [-0.15, -0.1) is 11.3 Å². The number of rotatable bonds is 5. The average molecular weight is 557 g/mol. The van der Waals surface area contributed by atoms with Gasteiger partial charge in [-0.3, -0.25) is 19.2 Å². The number of thiazole rings is 1. The van der Waals surface area contributed by atoms with Crippen LogP contribution in [0.2, 0.25) is 0 Å². The van der Waals surface area contributed by atoms with E-state index in [9.17, 15) is 9.59 Å². The summed E-state index contributed by atoms with van der Waals surface area (Å²) in [6.45, 7) is 4.75. The number of piperidine rings is 1. The van der Waals surface area contributed by atoms with Crippen LogP contribution in [0, 0.1) is 0 Å². The smallest absolute Gasteiger partial charge is 0.224 e. The normalized spacial score (nSPS) is 20.2. The summed E-state index contributed by atoms with van der Waals surface area (Å²) >= 11 is 1.68. The minimum absolute atomic E-state index is 0.0361. The standard InChI is InChI=1S/C31H36N6O2S/c1-23(38)35-16-13-26-9-6-10-27(36(26)22-30-32-15-18-40-30)21-34(20-25-8-3-4-11-28(25)35)31(39)14-17-37-29-12-5-2-7-24(29)19-33-37/h2-5,7-8,11-12,15,18-19,26-27H,6,9-10,13-14,16-17,20-22H2,1H3. The van der Waals surface area contributed by atoms with Crippen LogP contribution in [0.3, 0.4) is 0 Å². The molecule has 0 N–H and O–H groups in total. The minimum Gasteiger partial charge on any atom is -0.337 e. The SMILES string of the molecule is CC(=O)N1CCC2CCCC(CN(C(=O)CCn3ncc4ccccc43)Cc3ccccc31)N2Cc1nccs1. The first-order valence-corrected chi connectivity index (χ1v) is 15.1. The summed E-state index contributed by atoms with van der Waals surface area (Å²) in [6, 6.07) is 16.7. The molecule has 2 bridgehead atoms. The zero-order valence-electron chi connectivity index (χ0n) is 23.0. The van der Waals surface area contributed by atoms with Crippen LogP contribution in [0.5, 0.6) is 0 Å². The third-order valence-electron chi connectivity index (χ3n) is 8.40. The van der Waals surface area contributed by atoms with Crippen molar-refractivity contribution in [3.63, 3.8) is 0 Å². The van der Waals surface area contributed by atoms with Gasteiger partial charge in [0.15, 0.2) is 0 Å². The fourth-order valence-corrected chi connectivity index (χ4v) is 7.01. The van der Waals surface area contributed by atoms with Crippen molar-refractivity contribution in [1.29, 1.82) is 0 Å². The lowest BCUT2D eigenvalue weighted by Gasteiger charge is -2.43. The van der Waals surface area contributed by atoms with Gasteiger partial charge in [0, 0.05) is 67.7 Å². The van der Waals surface area contributed by atoms with Crippen LogP contribution in [-0.4, -0.2) is 61.6 Å². The highest BCUT2D eigenvalue weighted by molar-refractivity contribution is 7.09. The van der Waals surface area contributed by atoms with Crippen molar-refractivity contribution in [2.24, 2.45) is 0 Å². The van der Waals surface area contributed by atoms with Crippen molar-refractivity contribution in [2.75, 3.05) is 18.0 Å². The topological polar surface area (TPSA) is 74.6 Å². The first-order valence-electron chi connectivity index (χ1n) is 14.3. The number of aryl methyl sites for hydroxylation is 1. The molecule has 2 unspecified atom stereocenters. The van der Waals surface area contributed by atoms with Gasteiger partial charge < -0.3 is 9.80 Å². The van der Waals surface area contributed by atoms with Crippen molar-refractivity contribution in [3.05, 3.63) is 76.9 Å². The molecule has 2 amide bonds. The molecule has 2 aromatic carbocycles. The summed E-state index contributed by atoms with van der Waals surface area (Å²) in [5.41, 5.74) is 2.97. The molecule has 8 nitrogen and oxygen atoms in total. The molecule has 1 fully saturated rings. The molecule has 0 radical (unpaired) electrons. The van der Waals surface area contributed by atoms with Crippen LogP contribution < -0.4 is 4.90 Å². The Hall–Kier alpha value is -3.56. The maximum absolute atomic E-state index is 14.0. The molecule has 0 spiro atoms. The summed E-state index contributed by atoms with van der Waals surface area (Å²) < 4.78 is 1.93. The van der Waals surface area contributed by atoms with Crippen LogP contribution in [0.25, 0.3) is 10.9 Å². The number of carbonyl (C=O) groups is 2. The lowest BCUT2D eigenvalue weighted by atomic mass is 9.92. The number of aromatic nitrogens is 3. The van der Waals surface area contributed by atoms with Crippen molar-refractivity contribution < 1.29 is 9.59 Å². The number of para-hydroxylation sites is 2. The van der Waals surface area contributed by atoms with E-state index in [1.165, 1.54) is 0 Å². The molecule has 4 heterocycles. The lowest BCUT2D eigenvalue weighted by molar-refractivity contribution is -0.133. The third-order valence-corrected chi connectivity index (χ3v) is 9.16. The van der Waals surface area contributed by atoms with E-state index in [1.807, 2.05) is 74.7 Å². The molecule has 2 aliphatic heterocycles. The van der Waals surface area contributed by atoms with E-state index < -0.39 is 0 Å². The number of hydrogen-bond acceptors (Lipinski definition) is 6. The molecule has 1 saturated heterocycles. The second-order valence-corrected chi connectivity index (χ2v) is 11.9. The zero-order chi connectivity index (χ0) is 27.5. The summed E-state index contributed by atoms with van der Waals surface area (Å²) in [5.74, 6) is 0.147. The van der Waals surface area contributed by atoms with E-state index in [0.29, 0.717) is 38.6 Å². The molecule has 208 valence electrons. The molecule has 9 heteroatoms. The Bertz CT molecular complexity index is 1470. The molecule has 0 saturated carbocycles. The quantitative estimate of drug-likeness (QED) is 0.342. The van der Waals surface area contributed by atoms with E-state index in [-0.39, 0.29) is 17.9 Å². The Morgan fingerprint density at radius 3 is 2.70 bits per heavy atom. The van der Waals surface area contributed by atoms with Gasteiger partial charge >= 0.3 is 0 Å². The van der Waals surface area contributed by atoms with Crippen molar-refractivity contribution in [2.45, 2.75) is 70.7 Å². The van der Waals surface area contributed by atoms with Crippen molar-refractivity contribution >= 4 is 39.7 Å². The summed E-state index contributed by atoms with van der Waals surface area (Å²) in [4.78, 5) is 37.9. The Balaban J connectivity index is 1.32. The van der Waals surface area contributed by atoms with Crippen molar-refractivity contribution in [3.8, 4) is 0 Å². The zero-order valence-corrected chi connectivity index (χ0v) is 23.8. The molecule has 0 aliphatic carbocycles. The van der Waals surface area contributed by atoms with Crippen molar-refractivity contribution in [1.82, 2.24) is 24.6 Å². The third kappa shape index (κ3) is 5.67. The van der Waals surface area contributed by atoms with E-state index >= 15 is 0 Å². The second kappa shape index (κ2) is 11.9. The number of nitrogens with zero attached hydrogens (tertiary/aromatic N) is 6. The number of carbonyl (C=O) groups excluding carboxylic acids is 2. The molecule has 2 aromatic heterocycles. The van der Waals surface area contributed by atoms with E-state index in [1.54, 1.807) is 18.3 Å². The monoisotopic (exact) mass is 556 g/mol. The van der Waals surface area contributed by atoms with Gasteiger partial charge in [-0.05, 0) is 37.0 Å². The predicted molar refractivity (Wildman–Crippen MR) is 158 cm³/mol.